The van der Waals surface area contributed by atoms with E-state index in [1.807, 2.05) is 0 Å². The lowest BCUT2D eigenvalue weighted by Gasteiger charge is -2.30. The first-order valence-corrected chi connectivity index (χ1v) is 8.53. The highest BCUT2D eigenvalue weighted by molar-refractivity contribution is 9.10. The summed E-state index contributed by atoms with van der Waals surface area (Å²) < 4.78 is 6.14. The molecule has 4 nitrogen and oxygen atoms in total. The zero-order chi connectivity index (χ0) is 16.1. The fourth-order valence-corrected chi connectivity index (χ4v) is 2.96. The molecule has 0 aliphatic heterocycles. The highest BCUT2D eigenvalue weighted by Gasteiger charge is 2.26. The maximum absolute atomic E-state index is 12.2. The molecular formula is C17H22BrNO3. The molecule has 0 saturated heterocycles. The van der Waals surface area contributed by atoms with Gasteiger partial charge in [0.05, 0.1) is 5.56 Å². The van der Waals surface area contributed by atoms with Crippen LogP contribution in [0.15, 0.2) is 28.7 Å². The Bertz CT molecular complexity index is 529. The second-order valence-corrected chi connectivity index (χ2v) is 6.85. The van der Waals surface area contributed by atoms with Crippen molar-refractivity contribution in [1.82, 2.24) is 5.32 Å². The second kappa shape index (κ2) is 7.77. The van der Waals surface area contributed by atoms with E-state index in [0.717, 1.165) is 23.7 Å². The van der Waals surface area contributed by atoms with E-state index in [2.05, 4.69) is 28.2 Å². The van der Waals surface area contributed by atoms with Crippen molar-refractivity contribution in [2.24, 2.45) is 5.92 Å². The van der Waals surface area contributed by atoms with Crippen molar-refractivity contribution in [3.05, 3.63) is 34.3 Å². The van der Waals surface area contributed by atoms with Crippen LogP contribution in [-0.4, -0.2) is 24.0 Å². The van der Waals surface area contributed by atoms with E-state index < -0.39 is 12.1 Å². The predicted octanol–water partition coefficient (Wildman–Crippen LogP) is 3.69. The van der Waals surface area contributed by atoms with Crippen molar-refractivity contribution in [2.45, 2.75) is 51.7 Å². The van der Waals surface area contributed by atoms with E-state index >= 15 is 0 Å². The number of amides is 1. The number of rotatable bonds is 4. The quantitative estimate of drug-likeness (QED) is 0.825. The smallest absolute Gasteiger partial charge is 0.338 e. The van der Waals surface area contributed by atoms with Crippen LogP contribution in [0.1, 0.15) is 49.9 Å². The minimum absolute atomic E-state index is 0.190. The third kappa shape index (κ3) is 4.57. The van der Waals surface area contributed by atoms with Crippen molar-refractivity contribution in [1.29, 1.82) is 0 Å². The summed E-state index contributed by atoms with van der Waals surface area (Å²) in [4.78, 5) is 24.2. The Balaban J connectivity index is 1.87. The summed E-state index contributed by atoms with van der Waals surface area (Å²) >= 11 is 3.31. The summed E-state index contributed by atoms with van der Waals surface area (Å²) in [5, 5.41) is 3.01. The van der Waals surface area contributed by atoms with Gasteiger partial charge in [-0.2, -0.15) is 0 Å². The van der Waals surface area contributed by atoms with E-state index in [1.165, 1.54) is 6.42 Å². The molecule has 2 rings (SSSR count). The Morgan fingerprint density at radius 2 is 1.86 bits per heavy atom. The number of carbonyl (C=O) groups is 2. The van der Waals surface area contributed by atoms with Crippen LogP contribution in [0.3, 0.4) is 0 Å². The summed E-state index contributed by atoms with van der Waals surface area (Å²) in [5.41, 5.74) is 0.439. The SMILES string of the molecule is C[C@@H](OC(=O)c1ccc(Br)cc1)C(=O)N[C@@H]1CCCC[C@@H]1C. The highest BCUT2D eigenvalue weighted by atomic mass is 79.9. The van der Waals surface area contributed by atoms with Crippen LogP contribution < -0.4 is 5.32 Å². The zero-order valence-corrected chi connectivity index (χ0v) is 14.6. The van der Waals surface area contributed by atoms with Crippen LogP contribution in [0, 0.1) is 5.92 Å². The van der Waals surface area contributed by atoms with Gasteiger partial charge >= 0.3 is 5.97 Å². The molecule has 1 aliphatic carbocycles. The fraction of sp³-hybridized carbons (Fsp3) is 0.529. The molecule has 1 saturated carbocycles. The molecular weight excluding hydrogens is 346 g/mol. The van der Waals surface area contributed by atoms with Gasteiger partial charge in [0.25, 0.3) is 5.91 Å². The van der Waals surface area contributed by atoms with Gasteiger partial charge in [-0.15, -0.1) is 0 Å². The van der Waals surface area contributed by atoms with Crippen molar-refractivity contribution in [2.75, 3.05) is 0 Å². The molecule has 1 aliphatic rings. The van der Waals surface area contributed by atoms with Crippen LogP contribution in [0.4, 0.5) is 0 Å². The van der Waals surface area contributed by atoms with Crippen LogP contribution in [0.5, 0.6) is 0 Å². The molecule has 120 valence electrons. The van der Waals surface area contributed by atoms with E-state index in [9.17, 15) is 9.59 Å². The van der Waals surface area contributed by atoms with E-state index in [4.69, 9.17) is 4.74 Å². The number of halogens is 1. The minimum Gasteiger partial charge on any atom is -0.449 e. The van der Waals surface area contributed by atoms with E-state index in [1.54, 1.807) is 31.2 Å². The lowest BCUT2D eigenvalue weighted by Crippen LogP contribution is -2.45. The normalized spacial score (nSPS) is 22.7. The molecule has 1 fully saturated rings. The Morgan fingerprint density at radius 3 is 2.50 bits per heavy atom. The molecule has 22 heavy (non-hydrogen) atoms. The Labute approximate surface area is 139 Å². The van der Waals surface area contributed by atoms with Gasteiger partial charge in [0.15, 0.2) is 6.10 Å². The Kier molecular flexibility index (Phi) is 6.00. The molecule has 0 unspecified atom stereocenters. The number of hydrogen-bond donors (Lipinski definition) is 1. The second-order valence-electron chi connectivity index (χ2n) is 5.93. The van der Waals surface area contributed by atoms with Gasteiger partial charge in [0.1, 0.15) is 0 Å². The number of hydrogen-bond acceptors (Lipinski definition) is 3. The molecule has 1 aromatic carbocycles. The molecule has 0 aromatic heterocycles. The zero-order valence-electron chi connectivity index (χ0n) is 13.0. The predicted molar refractivity (Wildman–Crippen MR) is 88.6 cm³/mol. The first-order chi connectivity index (χ1) is 10.5. The van der Waals surface area contributed by atoms with Crippen molar-refractivity contribution in [3.8, 4) is 0 Å². The average molecular weight is 368 g/mol. The van der Waals surface area contributed by atoms with Crippen LogP contribution in [0.2, 0.25) is 0 Å². The van der Waals surface area contributed by atoms with Crippen LogP contribution in [0.25, 0.3) is 0 Å². The highest BCUT2D eigenvalue weighted by Crippen LogP contribution is 2.23. The van der Waals surface area contributed by atoms with Gasteiger partial charge in [0, 0.05) is 10.5 Å². The van der Waals surface area contributed by atoms with Gasteiger partial charge in [-0.3, -0.25) is 4.79 Å². The first-order valence-electron chi connectivity index (χ1n) is 7.74. The van der Waals surface area contributed by atoms with Crippen LogP contribution in [-0.2, 0) is 9.53 Å². The summed E-state index contributed by atoms with van der Waals surface area (Å²) in [5.74, 6) is -0.219. The van der Waals surface area contributed by atoms with Crippen LogP contribution >= 0.6 is 15.9 Å². The molecule has 1 amide bonds. The van der Waals surface area contributed by atoms with Gasteiger partial charge in [-0.25, -0.2) is 4.79 Å². The summed E-state index contributed by atoms with van der Waals surface area (Å²) in [6, 6.07) is 7.06. The summed E-state index contributed by atoms with van der Waals surface area (Å²) in [7, 11) is 0. The van der Waals surface area contributed by atoms with Gasteiger partial charge in [0.2, 0.25) is 0 Å². The largest absolute Gasteiger partial charge is 0.449 e. The molecule has 0 radical (unpaired) electrons. The molecule has 5 heteroatoms. The third-order valence-corrected chi connectivity index (χ3v) is 4.70. The van der Waals surface area contributed by atoms with Gasteiger partial charge in [-0.05, 0) is 49.9 Å². The maximum atomic E-state index is 12.2. The van der Waals surface area contributed by atoms with Crippen molar-refractivity contribution >= 4 is 27.8 Å². The first kappa shape index (κ1) is 17.0. The van der Waals surface area contributed by atoms with E-state index in [-0.39, 0.29) is 11.9 Å². The molecule has 0 heterocycles. The molecule has 1 aromatic rings. The molecule has 0 spiro atoms. The third-order valence-electron chi connectivity index (χ3n) is 4.17. The Hall–Kier alpha value is -1.36. The van der Waals surface area contributed by atoms with Crippen molar-refractivity contribution < 1.29 is 14.3 Å². The molecule has 1 N–H and O–H groups in total. The number of ether oxygens (including phenoxy) is 1. The number of nitrogens with one attached hydrogen (secondary N) is 1. The number of esters is 1. The van der Waals surface area contributed by atoms with Gasteiger partial charge < -0.3 is 10.1 Å². The maximum Gasteiger partial charge on any atom is 0.338 e. The average Bonchev–Trinajstić information content (AvgIpc) is 2.50. The fourth-order valence-electron chi connectivity index (χ4n) is 2.70. The monoisotopic (exact) mass is 367 g/mol. The van der Waals surface area contributed by atoms with E-state index in [0.29, 0.717) is 11.5 Å². The lowest BCUT2D eigenvalue weighted by molar-refractivity contribution is -0.130. The topological polar surface area (TPSA) is 55.4 Å². The molecule has 3 atom stereocenters. The standard InChI is InChI=1S/C17H22BrNO3/c1-11-5-3-4-6-15(11)19-16(20)12(2)22-17(21)13-7-9-14(18)10-8-13/h7-12,15H,3-6H2,1-2H3,(H,19,20)/t11-,12+,15+/m0/s1. The number of carbonyl (C=O) groups excluding carboxylic acids is 2. The summed E-state index contributed by atoms with van der Waals surface area (Å²) in [6.45, 7) is 3.77. The van der Waals surface area contributed by atoms with Gasteiger partial charge in [-0.1, -0.05) is 35.7 Å². The molecule has 0 bridgehead atoms. The summed E-state index contributed by atoms with van der Waals surface area (Å²) in [6.07, 6.45) is 3.72. The number of benzene rings is 1. The lowest BCUT2D eigenvalue weighted by atomic mass is 9.86. The Morgan fingerprint density at radius 1 is 1.23 bits per heavy atom. The minimum atomic E-state index is -0.787. The van der Waals surface area contributed by atoms with Crippen molar-refractivity contribution in [3.63, 3.8) is 0 Å².